The second kappa shape index (κ2) is 5.63. The van der Waals surface area contributed by atoms with E-state index in [0.29, 0.717) is 0 Å². The minimum atomic E-state index is 0.161. The maximum atomic E-state index is 6.31. The van der Waals surface area contributed by atoms with Crippen LogP contribution in [-0.4, -0.2) is 12.1 Å². The lowest BCUT2D eigenvalue weighted by Gasteiger charge is -2.31. The normalized spacial score (nSPS) is 12.8. The first-order valence-corrected chi connectivity index (χ1v) is 6.97. The summed E-state index contributed by atoms with van der Waals surface area (Å²) in [5.74, 6) is 0. The monoisotopic (exact) mass is 267 g/mol. The minimum absolute atomic E-state index is 0.161. The largest absolute Gasteiger partial charge is 0.312 e. The molecule has 0 bridgehead atoms. The van der Waals surface area contributed by atoms with Crippen molar-refractivity contribution in [3.05, 3.63) is 34.3 Å². The Morgan fingerprint density at radius 2 is 1.72 bits per heavy atom. The van der Waals surface area contributed by atoms with E-state index in [1.54, 1.807) is 0 Å². The van der Waals surface area contributed by atoms with Gasteiger partial charge in [0, 0.05) is 17.1 Å². The molecule has 0 unspecified atom stereocenters. The van der Waals surface area contributed by atoms with E-state index in [0.717, 1.165) is 18.0 Å². The molecule has 1 aromatic rings. The maximum absolute atomic E-state index is 6.31. The van der Waals surface area contributed by atoms with Crippen LogP contribution >= 0.6 is 11.6 Å². The van der Waals surface area contributed by atoms with Gasteiger partial charge in [-0.05, 0) is 56.7 Å². The molecule has 1 N–H and O–H groups in total. The van der Waals surface area contributed by atoms with Crippen molar-refractivity contribution in [2.75, 3.05) is 6.54 Å². The standard InChI is InChI=1S/C16H26ClN/c1-12-7-8-13(14(17)9-12)10-16(5,6)11-18-15(2,3)4/h7-9,18H,10-11H2,1-6H3. The first-order chi connectivity index (χ1) is 8.09. The Morgan fingerprint density at radius 3 is 2.22 bits per heavy atom. The lowest BCUT2D eigenvalue weighted by Crippen LogP contribution is -2.42. The van der Waals surface area contributed by atoms with Crippen LogP contribution in [0.25, 0.3) is 0 Å². The average molecular weight is 268 g/mol. The molecule has 1 nitrogen and oxygen atoms in total. The zero-order chi connectivity index (χ0) is 14.0. The van der Waals surface area contributed by atoms with Crippen LogP contribution in [0.1, 0.15) is 45.7 Å². The summed E-state index contributed by atoms with van der Waals surface area (Å²) < 4.78 is 0. The summed E-state index contributed by atoms with van der Waals surface area (Å²) in [6, 6.07) is 6.33. The zero-order valence-electron chi connectivity index (χ0n) is 12.5. The summed E-state index contributed by atoms with van der Waals surface area (Å²) in [6.45, 7) is 14.2. The summed E-state index contributed by atoms with van der Waals surface area (Å²) in [5.41, 5.74) is 2.82. The predicted octanol–water partition coefficient (Wildman–Crippen LogP) is 4.61. The molecule has 1 rings (SSSR count). The van der Waals surface area contributed by atoms with Gasteiger partial charge >= 0.3 is 0 Å². The molecule has 1 aromatic carbocycles. The molecule has 0 fully saturated rings. The lowest BCUT2D eigenvalue weighted by molar-refractivity contribution is 0.289. The number of nitrogens with one attached hydrogen (secondary N) is 1. The van der Waals surface area contributed by atoms with Crippen LogP contribution in [0.3, 0.4) is 0 Å². The van der Waals surface area contributed by atoms with Crippen molar-refractivity contribution < 1.29 is 0 Å². The first kappa shape index (κ1) is 15.5. The van der Waals surface area contributed by atoms with Crippen LogP contribution in [0.15, 0.2) is 18.2 Å². The van der Waals surface area contributed by atoms with Gasteiger partial charge in [0.1, 0.15) is 0 Å². The number of halogens is 1. The van der Waals surface area contributed by atoms with E-state index in [1.807, 2.05) is 6.07 Å². The van der Waals surface area contributed by atoms with E-state index in [-0.39, 0.29) is 11.0 Å². The molecule has 0 saturated carbocycles. The summed E-state index contributed by atoms with van der Waals surface area (Å²) in [5, 5.41) is 4.46. The van der Waals surface area contributed by atoms with Crippen molar-refractivity contribution in [2.45, 2.75) is 53.5 Å². The number of benzene rings is 1. The minimum Gasteiger partial charge on any atom is -0.312 e. The molecule has 0 aliphatic carbocycles. The van der Waals surface area contributed by atoms with Crippen molar-refractivity contribution in [1.82, 2.24) is 5.32 Å². The average Bonchev–Trinajstić information content (AvgIpc) is 2.19. The molecule has 0 radical (unpaired) electrons. The third-order valence-electron chi connectivity index (χ3n) is 2.97. The molecule has 18 heavy (non-hydrogen) atoms. The number of rotatable bonds is 4. The van der Waals surface area contributed by atoms with Crippen LogP contribution in [0.5, 0.6) is 0 Å². The van der Waals surface area contributed by atoms with E-state index in [9.17, 15) is 0 Å². The molecule has 0 saturated heterocycles. The molecule has 2 heteroatoms. The van der Waals surface area contributed by atoms with Crippen LogP contribution in [-0.2, 0) is 6.42 Å². The smallest absolute Gasteiger partial charge is 0.0440 e. The van der Waals surface area contributed by atoms with E-state index in [1.165, 1.54) is 11.1 Å². The van der Waals surface area contributed by atoms with Gasteiger partial charge in [-0.25, -0.2) is 0 Å². The molecule has 0 amide bonds. The molecule has 102 valence electrons. The highest BCUT2D eigenvalue weighted by Gasteiger charge is 2.22. The van der Waals surface area contributed by atoms with Crippen LogP contribution in [0.4, 0.5) is 0 Å². The molecular formula is C16H26ClN. The van der Waals surface area contributed by atoms with Gasteiger partial charge < -0.3 is 5.32 Å². The fourth-order valence-corrected chi connectivity index (χ4v) is 2.18. The highest BCUT2D eigenvalue weighted by molar-refractivity contribution is 6.31. The van der Waals surface area contributed by atoms with Gasteiger partial charge in [0.05, 0.1) is 0 Å². The van der Waals surface area contributed by atoms with Crippen molar-refractivity contribution in [2.24, 2.45) is 5.41 Å². The molecule has 0 atom stereocenters. The fraction of sp³-hybridized carbons (Fsp3) is 0.625. The highest BCUT2D eigenvalue weighted by atomic mass is 35.5. The highest BCUT2D eigenvalue weighted by Crippen LogP contribution is 2.27. The van der Waals surface area contributed by atoms with Gasteiger partial charge in [-0.1, -0.05) is 37.6 Å². The molecular weight excluding hydrogens is 242 g/mol. The van der Waals surface area contributed by atoms with E-state index in [2.05, 4.69) is 59.0 Å². The van der Waals surface area contributed by atoms with Gasteiger partial charge in [-0.3, -0.25) is 0 Å². The topological polar surface area (TPSA) is 12.0 Å². The maximum Gasteiger partial charge on any atom is 0.0440 e. The quantitative estimate of drug-likeness (QED) is 0.840. The Balaban J connectivity index is 2.70. The van der Waals surface area contributed by atoms with Crippen molar-refractivity contribution in [1.29, 1.82) is 0 Å². The van der Waals surface area contributed by atoms with Crippen molar-refractivity contribution in [3.8, 4) is 0 Å². The number of aryl methyl sites for hydroxylation is 1. The van der Waals surface area contributed by atoms with Crippen molar-refractivity contribution >= 4 is 11.6 Å². The zero-order valence-corrected chi connectivity index (χ0v) is 13.3. The predicted molar refractivity (Wildman–Crippen MR) is 81.4 cm³/mol. The molecule has 0 spiro atoms. The molecule has 0 heterocycles. The number of hydrogen-bond donors (Lipinski definition) is 1. The van der Waals surface area contributed by atoms with Crippen LogP contribution in [0, 0.1) is 12.3 Å². The Bertz CT molecular complexity index is 402. The van der Waals surface area contributed by atoms with Crippen molar-refractivity contribution in [3.63, 3.8) is 0 Å². The summed E-state index contributed by atoms with van der Waals surface area (Å²) >= 11 is 6.31. The summed E-state index contributed by atoms with van der Waals surface area (Å²) in [4.78, 5) is 0. The Morgan fingerprint density at radius 1 is 1.11 bits per heavy atom. The molecule has 0 aliphatic rings. The van der Waals surface area contributed by atoms with Gasteiger partial charge in [0.15, 0.2) is 0 Å². The van der Waals surface area contributed by atoms with E-state index in [4.69, 9.17) is 11.6 Å². The molecule has 0 aromatic heterocycles. The SMILES string of the molecule is Cc1ccc(CC(C)(C)CNC(C)(C)C)c(Cl)c1. The second-order valence-electron chi connectivity index (χ2n) is 7.04. The fourth-order valence-electron chi connectivity index (χ4n) is 1.88. The number of hydrogen-bond acceptors (Lipinski definition) is 1. The Labute approximate surface area is 117 Å². The lowest BCUT2D eigenvalue weighted by atomic mass is 9.84. The summed E-state index contributed by atoms with van der Waals surface area (Å²) in [7, 11) is 0. The third kappa shape index (κ3) is 5.41. The van der Waals surface area contributed by atoms with E-state index < -0.39 is 0 Å². The van der Waals surface area contributed by atoms with Gasteiger partial charge in [-0.15, -0.1) is 0 Å². The van der Waals surface area contributed by atoms with E-state index >= 15 is 0 Å². The van der Waals surface area contributed by atoms with Gasteiger partial charge in [-0.2, -0.15) is 0 Å². The third-order valence-corrected chi connectivity index (χ3v) is 3.33. The van der Waals surface area contributed by atoms with Gasteiger partial charge in [0.2, 0.25) is 0 Å². The molecule has 0 aliphatic heterocycles. The first-order valence-electron chi connectivity index (χ1n) is 6.59. The Hall–Kier alpha value is -0.530. The Kier molecular flexibility index (Phi) is 4.85. The van der Waals surface area contributed by atoms with Gasteiger partial charge in [0.25, 0.3) is 0 Å². The second-order valence-corrected chi connectivity index (χ2v) is 7.45. The van der Waals surface area contributed by atoms with Crippen LogP contribution in [0.2, 0.25) is 5.02 Å². The van der Waals surface area contributed by atoms with Crippen LogP contribution < -0.4 is 5.32 Å². The summed E-state index contributed by atoms with van der Waals surface area (Å²) in [6.07, 6.45) is 0.995.